The quantitative estimate of drug-likeness (QED) is 0.767. The van der Waals surface area contributed by atoms with Gasteiger partial charge in [-0.25, -0.2) is 0 Å². The third kappa shape index (κ3) is 4.61. The van der Waals surface area contributed by atoms with Crippen LogP contribution in [0.3, 0.4) is 0 Å². The Bertz CT molecular complexity index is 376. The molecule has 19 heavy (non-hydrogen) atoms. The predicted molar refractivity (Wildman–Crippen MR) is 86.5 cm³/mol. The molecular formula is C17H26BrN. The summed E-state index contributed by atoms with van der Waals surface area (Å²) in [6.07, 6.45) is 8.45. The van der Waals surface area contributed by atoms with E-state index in [1.165, 1.54) is 54.1 Å². The second kappa shape index (κ2) is 7.44. The van der Waals surface area contributed by atoms with Crippen LogP contribution in [0.2, 0.25) is 0 Å². The van der Waals surface area contributed by atoms with Crippen LogP contribution in [-0.2, 0) is 0 Å². The fourth-order valence-corrected chi connectivity index (χ4v) is 3.93. The molecule has 0 spiro atoms. The predicted octanol–water partition coefficient (Wildman–Crippen LogP) is 5.38. The van der Waals surface area contributed by atoms with Crippen molar-refractivity contribution in [3.8, 4) is 0 Å². The van der Waals surface area contributed by atoms with E-state index >= 15 is 0 Å². The highest BCUT2D eigenvalue weighted by Gasteiger charge is 2.20. The molecule has 1 aliphatic rings. The van der Waals surface area contributed by atoms with Crippen molar-refractivity contribution >= 4 is 15.9 Å². The summed E-state index contributed by atoms with van der Waals surface area (Å²) in [5.41, 5.74) is 2.79. The van der Waals surface area contributed by atoms with Gasteiger partial charge in [0.2, 0.25) is 0 Å². The van der Waals surface area contributed by atoms with Crippen LogP contribution in [-0.4, -0.2) is 6.54 Å². The van der Waals surface area contributed by atoms with Gasteiger partial charge in [0.15, 0.2) is 0 Å². The van der Waals surface area contributed by atoms with Crippen LogP contribution in [0.5, 0.6) is 0 Å². The number of nitrogens with one attached hydrogen (secondary N) is 1. The molecule has 1 aromatic rings. The fourth-order valence-electron chi connectivity index (χ4n) is 3.31. The summed E-state index contributed by atoms with van der Waals surface area (Å²) in [5.74, 6) is 0.914. The first-order valence-electron chi connectivity index (χ1n) is 7.69. The molecule has 2 rings (SSSR count). The molecule has 106 valence electrons. The second-order valence-electron chi connectivity index (χ2n) is 5.91. The van der Waals surface area contributed by atoms with Gasteiger partial charge in [0.25, 0.3) is 0 Å². The lowest BCUT2D eigenvalue weighted by Gasteiger charge is -2.27. The summed E-state index contributed by atoms with van der Waals surface area (Å²) in [4.78, 5) is 0. The highest BCUT2D eigenvalue weighted by molar-refractivity contribution is 9.10. The average molecular weight is 324 g/mol. The lowest BCUT2D eigenvalue weighted by atomic mass is 9.83. The molecule has 0 aliphatic heterocycles. The van der Waals surface area contributed by atoms with Crippen LogP contribution in [0.1, 0.15) is 62.6 Å². The van der Waals surface area contributed by atoms with Gasteiger partial charge in [-0.2, -0.15) is 0 Å². The SMILES string of the molecule is CCNC(CC1CCCCC1)c1cc(C)cc(Br)c1. The highest BCUT2D eigenvalue weighted by atomic mass is 79.9. The van der Waals surface area contributed by atoms with Crippen LogP contribution < -0.4 is 5.32 Å². The van der Waals surface area contributed by atoms with Crippen LogP contribution in [0, 0.1) is 12.8 Å². The first-order chi connectivity index (χ1) is 9.19. The largest absolute Gasteiger partial charge is 0.310 e. The van der Waals surface area contributed by atoms with Gasteiger partial charge >= 0.3 is 0 Å². The van der Waals surface area contributed by atoms with Gasteiger partial charge in [-0.15, -0.1) is 0 Å². The molecule has 0 aromatic heterocycles. The van der Waals surface area contributed by atoms with Crippen molar-refractivity contribution in [3.05, 3.63) is 33.8 Å². The number of benzene rings is 1. The second-order valence-corrected chi connectivity index (χ2v) is 6.83. The molecule has 1 N–H and O–H groups in total. The molecule has 2 heteroatoms. The lowest BCUT2D eigenvalue weighted by Crippen LogP contribution is -2.24. The normalized spacial score (nSPS) is 18.5. The molecule has 0 radical (unpaired) electrons. The van der Waals surface area contributed by atoms with Gasteiger partial charge < -0.3 is 5.32 Å². The molecule has 1 aromatic carbocycles. The van der Waals surface area contributed by atoms with E-state index in [1.807, 2.05) is 0 Å². The number of halogens is 1. The Labute approximate surface area is 126 Å². The third-order valence-corrected chi connectivity index (χ3v) is 4.67. The van der Waals surface area contributed by atoms with Crippen molar-refractivity contribution < 1.29 is 0 Å². The summed E-state index contributed by atoms with van der Waals surface area (Å²) in [6, 6.07) is 7.32. The maximum atomic E-state index is 3.68. The minimum Gasteiger partial charge on any atom is -0.310 e. The van der Waals surface area contributed by atoms with E-state index in [0.29, 0.717) is 6.04 Å². The summed E-state index contributed by atoms with van der Waals surface area (Å²) >= 11 is 3.63. The molecule has 1 fully saturated rings. The Hall–Kier alpha value is -0.340. The smallest absolute Gasteiger partial charge is 0.0323 e. The van der Waals surface area contributed by atoms with Crippen LogP contribution >= 0.6 is 15.9 Å². The number of hydrogen-bond acceptors (Lipinski definition) is 1. The van der Waals surface area contributed by atoms with Crippen molar-refractivity contribution in [1.29, 1.82) is 0 Å². The Balaban J connectivity index is 2.09. The van der Waals surface area contributed by atoms with Gasteiger partial charge in [0, 0.05) is 10.5 Å². The maximum absolute atomic E-state index is 3.68. The van der Waals surface area contributed by atoms with E-state index in [0.717, 1.165) is 12.5 Å². The maximum Gasteiger partial charge on any atom is 0.0323 e. The first kappa shape index (κ1) is 15.1. The average Bonchev–Trinajstić information content (AvgIpc) is 2.38. The van der Waals surface area contributed by atoms with Gasteiger partial charge in [-0.3, -0.25) is 0 Å². The summed E-state index contributed by atoms with van der Waals surface area (Å²) in [5, 5.41) is 3.68. The minimum absolute atomic E-state index is 0.518. The molecule has 0 amide bonds. The van der Waals surface area contributed by atoms with Crippen LogP contribution in [0.25, 0.3) is 0 Å². The van der Waals surface area contributed by atoms with E-state index in [1.54, 1.807) is 0 Å². The van der Waals surface area contributed by atoms with E-state index < -0.39 is 0 Å². The third-order valence-electron chi connectivity index (χ3n) is 4.21. The molecule has 0 heterocycles. The van der Waals surface area contributed by atoms with E-state index in [2.05, 4.69) is 53.3 Å². The zero-order valence-electron chi connectivity index (χ0n) is 12.2. The zero-order chi connectivity index (χ0) is 13.7. The van der Waals surface area contributed by atoms with Crippen molar-refractivity contribution in [2.75, 3.05) is 6.54 Å². The molecule has 0 saturated heterocycles. The van der Waals surface area contributed by atoms with Gasteiger partial charge in [-0.1, -0.05) is 61.0 Å². The Kier molecular flexibility index (Phi) is 5.90. The number of hydrogen-bond donors (Lipinski definition) is 1. The van der Waals surface area contributed by atoms with Crippen molar-refractivity contribution in [3.63, 3.8) is 0 Å². The molecule has 1 unspecified atom stereocenters. The van der Waals surface area contributed by atoms with Gasteiger partial charge in [0.1, 0.15) is 0 Å². The van der Waals surface area contributed by atoms with Crippen molar-refractivity contribution in [1.82, 2.24) is 5.32 Å². The number of rotatable bonds is 5. The first-order valence-corrected chi connectivity index (χ1v) is 8.49. The Morgan fingerprint density at radius 2 is 1.95 bits per heavy atom. The zero-order valence-corrected chi connectivity index (χ0v) is 13.8. The minimum atomic E-state index is 0.518. The molecule has 1 atom stereocenters. The highest BCUT2D eigenvalue weighted by Crippen LogP contribution is 2.33. The lowest BCUT2D eigenvalue weighted by molar-refractivity contribution is 0.301. The van der Waals surface area contributed by atoms with Crippen LogP contribution in [0.15, 0.2) is 22.7 Å². The standard InChI is InChI=1S/C17H26BrN/c1-3-19-17(11-14-7-5-4-6-8-14)15-9-13(2)10-16(18)12-15/h9-10,12,14,17,19H,3-8,11H2,1-2H3. The van der Waals surface area contributed by atoms with E-state index in [4.69, 9.17) is 0 Å². The van der Waals surface area contributed by atoms with E-state index in [9.17, 15) is 0 Å². The Morgan fingerprint density at radius 3 is 2.58 bits per heavy atom. The van der Waals surface area contributed by atoms with E-state index in [-0.39, 0.29) is 0 Å². The molecular weight excluding hydrogens is 298 g/mol. The number of aryl methyl sites for hydroxylation is 1. The topological polar surface area (TPSA) is 12.0 Å². The molecule has 1 aliphatic carbocycles. The van der Waals surface area contributed by atoms with Crippen molar-refractivity contribution in [2.24, 2.45) is 5.92 Å². The molecule has 1 saturated carbocycles. The molecule has 1 nitrogen and oxygen atoms in total. The summed E-state index contributed by atoms with van der Waals surface area (Å²) < 4.78 is 1.20. The monoisotopic (exact) mass is 323 g/mol. The fraction of sp³-hybridized carbons (Fsp3) is 0.647. The van der Waals surface area contributed by atoms with Crippen LogP contribution in [0.4, 0.5) is 0 Å². The Morgan fingerprint density at radius 1 is 1.21 bits per heavy atom. The van der Waals surface area contributed by atoms with Gasteiger partial charge in [-0.05, 0) is 49.1 Å². The summed E-state index contributed by atoms with van der Waals surface area (Å²) in [7, 11) is 0. The van der Waals surface area contributed by atoms with Crippen molar-refractivity contribution in [2.45, 2.75) is 58.4 Å². The molecule has 0 bridgehead atoms. The summed E-state index contributed by atoms with van der Waals surface area (Å²) in [6.45, 7) is 5.43. The van der Waals surface area contributed by atoms with Gasteiger partial charge in [0.05, 0.1) is 0 Å².